The van der Waals surface area contributed by atoms with Crippen LogP contribution in [0.5, 0.6) is 0 Å². The Kier molecular flexibility index (Phi) is 5.73. The SMILES string of the molecule is Bc1ccccc1-c1cccc(N(c2ccccc2)c2ccc3c(c2)C2(c4ccccc4-c4ccccc42)c2ccccc2-3)c1. The molecular weight excluding hydrogens is 541 g/mol. The molecule has 7 aromatic carbocycles. The van der Waals surface area contributed by atoms with E-state index in [0.717, 1.165) is 17.1 Å². The maximum atomic E-state index is 2.46. The Hall–Kier alpha value is -5.60. The Labute approximate surface area is 265 Å². The number of fused-ring (bicyclic) bond motifs is 10. The van der Waals surface area contributed by atoms with E-state index in [1.807, 2.05) is 0 Å². The molecule has 0 aromatic heterocycles. The van der Waals surface area contributed by atoms with E-state index >= 15 is 0 Å². The predicted molar refractivity (Wildman–Crippen MR) is 191 cm³/mol. The molecule has 0 unspecified atom stereocenters. The van der Waals surface area contributed by atoms with E-state index < -0.39 is 0 Å². The van der Waals surface area contributed by atoms with Gasteiger partial charge in [-0.25, -0.2) is 0 Å². The summed E-state index contributed by atoms with van der Waals surface area (Å²) in [5.41, 5.74) is 17.5. The predicted octanol–water partition coefficient (Wildman–Crippen LogP) is 9.43. The molecule has 1 nitrogen and oxygen atoms in total. The van der Waals surface area contributed by atoms with Crippen molar-refractivity contribution in [3.63, 3.8) is 0 Å². The molecule has 0 heterocycles. The molecule has 7 aromatic rings. The van der Waals surface area contributed by atoms with E-state index in [1.165, 1.54) is 61.1 Å². The number of anilines is 3. The van der Waals surface area contributed by atoms with Crippen molar-refractivity contribution in [2.45, 2.75) is 5.41 Å². The van der Waals surface area contributed by atoms with Gasteiger partial charge in [0.05, 0.1) is 5.41 Å². The topological polar surface area (TPSA) is 3.24 Å². The number of rotatable bonds is 4. The van der Waals surface area contributed by atoms with E-state index in [-0.39, 0.29) is 5.41 Å². The Morgan fingerprint density at radius 3 is 1.47 bits per heavy atom. The summed E-state index contributed by atoms with van der Waals surface area (Å²) in [4.78, 5) is 2.41. The highest BCUT2D eigenvalue weighted by Crippen LogP contribution is 2.63. The van der Waals surface area contributed by atoms with Gasteiger partial charge in [0.15, 0.2) is 0 Å². The third kappa shape index (κ3) is 3.69. The first-order valence-electron chi connectivity index (χ1n) is 15.7. The lowest BCUT2D eigenvalue weighted by Gasteiger charge is -2.32. The molecule has 9 rings (SSSR count). The van der Waals surface area contributed by atoms with Gasteiger partial charge in [0, 0.05) is 17.1 Å². The summed E-state index contributed by atoms with van der Waals surface area (Å²) >= 11 is 0. The van der Waals surface area contributed by atoms with Crippen LogP contribution in [-0.4, -0.2) is 7.85 Å². The molecule has 2 aliphatic carbocycles. The second-order valence-corrected chi connectivity index (χ2v) is 12.2. The van der Waals surface area contributed by atoms with Crippen molar-refractivity contribution < 1.29 is 0 Å². The largest absolute Gasteiger partial charge is 0.310 e. The fourth-order valence-electron chi connectivity index (χ4n) is 7.96. The highest BCUT2D eigenvalue weighted by Gasteiger charge is 2.51. The molecule has 0 saturated carbocycles. The lowest BCUT2D eigenvalue weighted by Crippen LogP contribution is -2.26. The molecule has 2 aliphatic rings. The van der Waals surface area contributed by atoms with Crippen LogP contribution in [0.25, 0.3) is 33.4 Å². The lowest BCUT2D eigenvalue weighted by molar-refractivity contribution is 0.793. The first kappa shape index (κ1) is 25.9. The van der Waals surface area contributed by atoms with Crippen LogP contribution in [-0.2, 0) is 5.41 Å². The van der Waals surface area contributed by atoms with Crippen LogP contribution < -0.4 is 10.4 Å². The van der Waals surface area contributed by atoms with Crippen LogP contribution in [0.4, 0.5) is 17.1 Å². The average molecular weight is 572 g/mol. The average Bonchev–Trinajstić information content (AvgIpc) is 3.56. The van der Waals surface area contributed by atoms with Crippen LogP contribution >= 0.6 is 0 Å². The van der Waals surface area contributed by atoms with Crippen molar-refractivity contribution in [1.29, 1.82) is 0 Å². The molecule has 0 atom stereocenters. The van der Waals surface area contributed by atoms with E-state index in [9.17, 15) is 0 Å². The Balaban J connectivity index is 1.31. The van der Waals surface area contributed by atoms with E-state index in [4.69, 9.17) is 0 Å². The minimum atomic E-state index is -0.375. The molecule has 0 saturated heterocycles. The van der Waals surface area contributed by atoms with Crippen molar-refractivity contribution in [3.8, 4) is 33.4 Å². The lowest BCUT2D eigenvalue weighted by atomic mass is 9.70. The number of nitrogens with zero attached hydrogens (tertiary/aromatic N) is 1. The maximum Gasteiger partial charge on any atom is 0.140 e. The third-order valence-corrected chi connectivity index (χ3v) is 9.81. The summed E-state index contributed by atoms with van der Waals surface area (Å²) in [5.74, 6) is 0. The Bertz CT molecular complexity index is 2190. The van der Waals surface area contributed by atoms with E-state index in [1.54, 1.807) is 0 Å². The zero-order valence-electron chi connectivity index (χ0n) is 25.1. The zero-order valence-corrected chi connectivity index (χ0v) is 25.1. The second kappa shape index (κ2) is 9.97. The first-order valence-corrected chi connectivity index (χ1v) is 15.7. The highest BCUT2D eigenvalue weighted by atomic mass is 15.1. The van der Waals surface area contributed by atoms with Gasteiger partial charge in [-0.1, -0.05) is 139 Å². The monoisotopic (exact) mass is 571 g/mol. The van der Waals surface area contributed by atoms with Gasteiger partial charge in [0.25, 0.3) is 0 Å². The van der Waals surface area contributed by atoms with Gasteiger partial charge in [0.2, 0.25) is 0 Å². The van der Waals surface area contributed by atoms with Crippen LogP contribution in [0.3, 0.4) is 0 Å². The minimum absolute atomic E-state index is 0.375. The molecule has 2 heteroatoms. The molecule has 210 valence electrons. The Morgan fingerprint density at radius 2 is 0.844 bits per heavy atom. The molecular formula is C43H30BN. The second-order valence-electron chi connectivity index (χ2n) is 12.2. The van der Waals surface area contributed by atoms with E-state index in [0.29, 0.717) is 0 Å². The van der Waals surface area contributed by atoms with Gasteiger partial charge in [0.1, 0.15) is 7.85 Å². The summed E-state index contributed by atoms with van der Waals surface area (Å²) in [6, 6.07) is 62.5. The van der Waals surface area contributed by atoms with Crippen LogP contribution in [0.2, 0.25) is 0 Å². The minimum Gasteiger partial charge on any atom is -0.310 e. The van der Waals surface area contributed by atoms with Crippen LogP contribution in [0.1, 0.15) is 22.3 Å². The molecule has 0 aliphatic heterocycles. The number of benzene rings is 7. The summed E-state index contributed by atoms with van der Waals surface area (Å²) < 4.78 is 0. The molecule has 0 amide bonds. The Morgan fingerprint density at radius 1 is 0.356 bits per heavy atom. The zero-order chi connectivity index (χ0) is 30.0. The van der Waals surface area contributed by atoms with Gasteiger partial charge >= 0.3 is 0 Å². The van der Waals surface area contributed by atoms with Crippen molar-refractivity contribution in [3.05, 3.63) is 192 Å². The van der Waals surface area contributed by atoms with Gasteiger partial charge in [-0.15, -0.1) is 0 Å². The summed E-state index contributed by atoms with van der Waals surface area (Å²) in [7, 11) is 2.19. The fraction of sp³-hybridized carbons (Fsp3) is 0.0233. The van der Waals surface area contributed by atoms with Crippen molar-refractivity contribution in [2.24, 2.45) is 0 Å². The van der Waals surface area contributed by atoms with Crippen molar-refractivity contribution in [2.75, 3.05) is 4.90 Å². The summed E-state index contributed by atoms with van der Waals surface area (Å²) in [5, 5.41) is 0. The fourth-order valence-corrected chi connectivity index (χ4v) is 7.96. The molecule has 0 fully saturated rings. The molecule has 1 spiro atoms. The molecule has 0 bridgehead atoms. The molecule has 0 N–H and O–H groups in total. The molecule has 0 radical (unpaired) electrons. The van der Waals surface area contributed by atoms with Crippen LogP contribution in [0, 0.1) is 0 Å². The first-order chi connectivity index (χ1) is 22.2. The van der Waals surface area contributed by atoms with Gasteiger partial charge in [-0.2, -0.15) is 0 Å². The number of hydrogen-bond acceptors (Lipinski definition) is 1. The molecule has 45 heavy (non-hydrogen) atoms. The smallest absolute Gasteiger partial charge is 0.140 e. The third-order valence-electron chi connectivity index (χ3n) is 9.81. The summed E-state index contributed by atoms with van der Waals surface area (Å²) in [6.45, 7) is 0. The highest BCUT2D eigenvalue weighted by molar-refractivity contribution is 6.35. The quantitative estimate of drug-likeness (QED) is 0.190. The van der Waals surface area contributed by atoms with Crippen molar-refractivity contribution >= 4 is 30.4 Å². The van der Waals surface area contributed by atoms with Crippen molar-refractivity contribution in [1.82, 2.24) is 0 Å². The number of para-hydroxylation sites is 1. The standard InChI is InChI=1S/C43H30BN/c44-42-24-11-7-17-33(42)29-13-12-16-31(27-29)45(30-14-2-1-3-15-30)32-25-26-37-36-20-6-10-23-40(36)43(41(37)28-32)38-21-8-4-18-34(38)35-19-5-9-22-39(35)43/h1-28H,44H2. The van der Waals surface area contributed by atoms with Gasteiger partial charge < -0.3 is 4.90 Å². The normalized spacial score (nSPS) is 13.2. The van der Waals surface area contributed by atoms with Gasteiger partial charge in [-0.3, -0.25) is 0 Å². The maximum absolute atomic E-state index is 2.46. The van der Waals surface area contributed by atoms with E-state index in [2.05, 4.69) is 183 Å². The van der Waals surface area contributed by atoms with Gasteiger partial charge in [-0.05, 0) is 92.0 Å². The summed E-state index contributed by atoms with van der Waals surface area (Å²) in [6.07, 6.45) is 0. The van der Waals surface area contributed by atoms with Crippen LogP contribution in [0.15, 0.2) is 170 Å². The number of hydrogen-bond donors (Lipinski definition) is 0.